The SMILES string of the molecule is CCCCCc1nnc(NC(=O)c2ccc(OC(F)F)c(OC)c2)s1. The lowest BCUT2D eigenvalue weighted by Crippen LogP contribution is -2.12. The molecule has 1 N–H and O–H groups in total. The fraction of sp³-hybridized carbons (Fsp3) is 0.438. The minimum Gasteiger partial charge on any atom is -0.493 e. The molecular formula is C16H19F2N3O3S. The summed E-state index contributed by atoms with van der Waals surface area (Å²) in [6, 6.07) is 3.96. The third-order valence-electron chi connectivity index (χ3n) is 3.32. The van der Waals surface area contributed by atoms with Gasteiger partial charge in [0.05, 0.1) is 7.11 Å². The Morgan fingerprint density at radius 2 is 2.08 bits per heavy atom. The molecule has 0 atom stereocenters. The predicted molar refractivity (Wildman–Crippen MR) is 90.7 cm³/mol. The lowest BCUT2D eigenvalue weighted by atomic mass is 10.2. The van der Waals surface area contributed by atoms with Crippen LogP contribution in [0.1, 0.15) is 41.6 Å². The van der Waals surface area contributed by atoms with E-state index in [0.717, 1.165) is 30.7 Å². The summed E-state index contributed by atoms with van der Waals surface area (Å²) >= 11 is 1.32. The zero-order valence-electron chi connectivity index (χ0n) is 13.9. The Labute approximate surface area is 148 Å². The summed E-state index contributed by atoms with van der Waals surface area (Å²) in [4.78, 5) is 12.3. The quantitative estimate of drug-likeness (QED) is 0.671. The number of nitrogens with one attached hydrogen (secondary N) is 1. The number of methoxy groups -OCH3 is 1. The number of aryl methyl sites for hydroxylation is 1. The number of aromatic nitrogens is 2. The number of carbonyl (C=O) groups is 1. The number of anilines is 1. The van der Waals surface area contributed by atoms with Crippen molar-refractivity contribution in [2.24, 2.45) is 0 Å². The standard InChI is InChI=1S/C16H19F2N3O3S/c1-3-4-5-6-13-20-21-16(25-13)19-14(22)10-7-8-11(24-15(17)18)12(9-10)23-2/h7-9,15H,3-6H2,1-2H3,(H,19,21,22). The van der Waals surface area contributed by atoms with Gasteiger partial charge in [0.25, 0.3) is 5.91 Å². The van der Waals surface area contributed by atoms with Crippen molar-refractivity contribution in [1.29, 1.82) is 0 Å². The summed E-state index contributed by atoms with van der Waals surface area (Å²) in [5.41, 5.74) is 0.237. The summed E-state index contributed by atoms with van der Waals surface area (Å²) in [5.74, 6) is -0.521. The first-order chi connectivity index (χ1) is 12.0. The van der Waals surface area contributed by atoms with Gasteiger partial charge in [-0.1, -0.05) is 31.1 Å². The Morgan fingerprint density at radius 3 is 2.76 bits per heavy atom. The van der Waals surface area contributed by atoms with Crippen LogP contribution in [0.2, 0.25) is 0 Å². The number of alkyl halides is 2. The number of amides is 1. The maximum atomic E-state index is 12.3. The lowest BCUT2D eigenvalue weighted by Gasteiger charge is -2.11. The first-order valence-electron chi connectivity index (χ1n) is 7.80. The molecular weight excluding hydrogens is 352 g/mol. The van der Waals surface area contributed by atoms with Gasteiger partial charge in [0.15, 0.2) is 11.5 Å². The second-order valence-corrected chi connectivity index (χ2v) is 6.22. The molecule has 0 saturated carbocycles. The van der Waals surface area contributed by atoms with Crippen molar-refractivity contribution in [2.45, 2.75) is 39.2 Å². The fourth-order valence-corrected chi connectivity index (χ4v) is 2.88. The molecule has 0 aliphatic carbocycles. The highest BCUT2D eigenvalue weighted by Crippen LogP contribution is 2.30. The van der Waals surface area contributed by atoms with Gasteiger partial charge in [-0.05, 0) is 24.6 Å². The highest BCUT2D eigenvalue weighted by Gasteiger charge is 2.15. The van der Waals surface area contributed by atoms with Gasteiger partial charge in [0.1, 0.15) is 5.01 Å². The number of nitrogens with zero attached hydrogens (tertiary/aromatic N) is 2. The first kappa shape index (κ1) is 19.0. The molecule has 2 aromatic rings. The summed E-state index contributed by atoms with van der Waals surface area (Å²) in [7, 11) is 1.31. The van der Waals surface area contributed by atoms with Gasteiger partial charge in [0.2, 0.25) is 5.13 Å². The Balaban J connectivity index is 2.03. The van der Waals surface area contributed by atoms with Crippen LogP contribution >= 0.6 is 11.3 Å². The minimum atomic E-state index is -2.97. The molecule has 9 heteroatoms. The third-order valence-corrected chi connectivity index (χ3v) is 4.22. The number of rotatable bonds is 9. The molecule has 0 saturated heterocycles. The van der Waals surface area contributed by atoms with Crippen LogP contribution in [-0.2, 0) is 6.42 Å². The Kier molecular flexibility index (Phi) is 7.05. The zero-order chi connectivity index (χ0) is 18.2. The topological polar surface area (TPSA) is 73.3 Å². The molecule has 0 fully saturated rings. The monoisotopic (exact) mass is 371 g/mol. The molecule has 25 heavy (non-hydrogen) atoms. The number of hydrogen-bond acceptors (Lipinski definition) is 6. The smallest absolute Gasteiger partial charge is 0.387 e. The van der Waals surface area contributed by atoms with E-state index in [4.69, 9.17) is 4.74 Å². The summed E-state index contributed by atoms with van der Waals surface area (Å²) in [6.07, 6.45) is 4.10. The van der Waals surface area contributed by atoms with Gasteiger partial charge >= 0.3 is 6.61 Å². The van der Waals surface area contributed by atoms with Crippen molar-refractivity contribution < 1.29 is 23.0 Å². The first-order valence-corrected chi connectivity index (χ1v) is 8.61. The van der Waals surface area contributed by atoms with E-state index in [1.165, 1.54) is 36.6 Å². The van der Waals surface area contributed by atoms with E-state index in [1.54, 1.807) is 0 Å². The normalized spacial score (nSPS) is 10.8. The molecule has 0 spiro atoms. The summed E-state index contributed by atoms with van der Waals surface area (Å²) < 4.78 is 34.0. The maximum absolute atomic E-state index is 12.3. The number of halogens is 2. The maximum Gasteiger partial charge on any atom is 0.387 e. The van der Waals surface area contributed by atoms with E-state index < -0.39 is 12.5 Å². The highest BCUT2D eigenvalue weighted by atomic mass is 32.1. The summed E-state index contributed by atoms with van der Waals surface area (Å²) in [6.45, 7) is -0.849. The average molecular weight is 371 g/mol. The van der Waals surface area contributed by atoms with Crippen LogP contribution in [-0.4, -0.2) is 29.8 Å². The van der Waals surface area contributed by atoms with Crippen LogP contribution in [0.5, 0.6) is 11.5 Å². The van der Waals surface area contributed by atoms with E-state index in [2.05, 4.69) is 27.2 Å². The number of ether oxygens (including phenoxy) is 2. The molecule has 0 bridgehead atoms. The molecule has 0 aliphatic rings. The highest BCUT2D eigenvalue weighted by molar-refractivity contribution is 7.15. The molecule has 1 amide bonds. The molecule has 136 valence electrons. The van der Waals surface area contributed by atoms with E-state index in [-0.39, 0.29) is 17.1 Å². The van der Waals surface area contributed by atoms with Crippen LogP contribution in [0.3, 0.4) is 0 Å². The van der Waals surface area contributed by atoms with Crippen LogP contribution in [0.15, 0.2) is 18.2 Å². The number of carbonyl (C=O) groups excluding carboxylic acids is 1. The number of benzene rings is 1. The molecule has 1 aromatic heterocycles. The molecule has 0 radical (unpaired) electrons. The van der Waals surface area contributed by atoms with Gasteiger partial charge in [-0.15, -0.1) is 10.2 Å². The Morgan fingerprint density at radius 1 is 1.28 bits per heavy atom. The minimum absolute atomic E-state index is 0.0467. The van der Waals surface area contributed by atoms with Crippen LogP contribution in [0.4, 0.5) is 13.9 Å². The van der Waals surface area contributed by atoms with Crippen molar-refractivity contribution in [1.82, 2.24) is 10.2 Å². The van der Waals surface area contributed by atoms with Crippen molar-refractivity contribution >= 4 is 22.4 Å². The Bertz CT molecular complexity index is 710. The fourth-order valence-electron chi connectivity index (χ4n) is 2.10. The van der Waals surface area contributed by atoms with Gasteiger partial charge in [-0.2, -0.15) is 8.78 Å². The van der Waals surface area contributed by atoms with Crippen LogP contribution < -0.4 is 14.8 Å². The second kappa shape index (κ2) is 9.26. The van der Waals surface area contributed by atoms with Crippen LogP contribution in [0, 0.1) is 0 Å². The lowest BCUT2D eigenvalue weighted by molar-refractivity contribution is -0.0512. The van der Waals surface area contributed by atoms with Gasteiger partial charge in [-0.3, -0.25) is 10.1 Å². The Hall–Kier alpha value is -2.29. The second-order valence-electron chi connectivity index (χ2n) is 5.16. The molecule has 1 heterocycles. The zero-order valence-corrected chi connectivity index (χ0v) is 14.7. The molecule has 1 aromatic carbocycles. The van der Waals surface area contributed by atoms with E-state index in [0.29, 0.717) is 5.13 Å². The van der Waals surface area contributed by atoms with Gasteiger partial charge in [-0.25, -0.2) is 0 Å². The van der Waals surface area contributed by atoms with E-state index in [1.807, 2.05) is 0 Å². The molecule has 2 rings (SSSR count). The van der Waals surface area contributed by atoms with Crippen molar-refractivity contribution in [3.05, 3.63) is 28.8 Å². The predicted octanol–water partition coefficient (Wildman–Crippen LogP) is 4.13. The van der Waals surface area contributed by atoms with Crippen molar-refractivity contribution in [3.63, 3.8) is 0 Å². The number of hydrogen-bond donors (Lipinski definition) is 1. The molecule has 6 nitrogen and oxygen atoms in total. The van der Waals surface area contributed by atoms with Gasteiger partial charge < -0.3 is 9.47 Å². The van der Waals surface area contributed by atoms with Gasteiger partial charge in [0, 0.05) is 12.0 Å². The van der Waals surface area contributed by atoms with Crippen molar-refractivity contribution in [2.75, 3.05) is 12.4 Å². The van der Waals surface area contributed by atoms with E-state index in [9.17, 15) is 13.6 Å². The molecule has 0 unspecified atom stereocenters. The largest absolute Gasteiger partial charge is 0.493 e. The van der Waals surface area contributed by atoms with Crippen LogP contribution in [0.25, 0.3) is 0 Å². The number of unbranched alkanes of at least 4 members (excludes halogenated alkanes) is 2. The average Bonchev–Trinajstić information content (AvgIpc) is 3.02. The van der Waals surface area contributed by atoms with E-state index >= 15 is 0 Å². The summed E-state index contributed by atoms with van der Waals surface area (Å²) in [5, 5.41) is 11.9. The molecule has 0 aliphatic heterocycles. The third kappa shape index (κ3) is 5.63. The van der Waals surface area contributed by atoms with Crippen molar-refractivity contribution in [3.8, 4) is 11.5 Å².